The molecule has 1 amide bonds. The standard InChI is InChI=1S/C10H13NO3S/c1-6-2-3-9(15-6)10(14)11-4-7(12)8(13)5-11/h2-3,7-8,12-13H,4-5H2,1H3/t7-,8+. The van der Waals surface area contributed by atoms with E-state index in [1.54, 1.807) is 6.07 Å². The van der Waals surface area contributed by atoms with Crippen molar-refractivity contribution in [3.05, 3.63) is 21.9 Å². The van der Waals surface area contributed by atoms with Crippen LogP contribution in [-0.2, 0) is 0 Å². The molecule has 2 rings (SSSR count). The lowest BCUT2D eigenvalue weighted by Crippen LogP contribution is -2.29. The van der Waals surface area contributed by atoms with E-state index in [2.05, 4.69) is 0 Å². The van der Waals surface area contributed by atoms with Crippen LogP contribution in [-0.4, -0.2) is 46.3 Å². The zero-order valence-electron chi connectivity index (χ0n) is 8.38. The molecule has 1 aliphatic heterocycles. The topological polar surface area (TPSA) is 60.8 Å². The number of hydrogen-bond acceptors (Lipinski definition) is 4. The van der Waals surface area contributed by atoms with Gasteiger partial charge in [-0.15, -0.1) is 11.3 Å². The first-order chi connectivity index (χ1) is 7.08. The lowest BCUT2D eigenvalue weighted by Gasteiger charge is -2.13. The third kappa shape index (κ3) is 2.04. The van der Waals surface area contributed by atoms with Gasteiger partial charge in [0, 0.05) is 18.0 Å². The van der Waals surface area contributed by atoms with Crippen molar-refractivity contribution in [1.29, 1.82) is 0 Å². The van der Waals surface area contributed by atoms with Gasteiger partial charge in [0.25, 0.3) is 5.91 Å². The third-order valence-corrected chi connectivity index (χ3v) is 3.49. The normalized spacial score (nSPS) is 25.9. The van der Waals surface area contributed by atoms with Crippen molar-refractivity contribution in [3.8, 4) is 0 Å². The number of likely N-dealkylation sites (tertiary alicyclic amines) is 1. The third-order valence-electron chi connectivity index (χ3n) is 2.50. The Bertz CT molecular complexity index is 366. The molecule has 1 aromatic rings. The molecule has 1 aromatic heterocycles. The van der Waals surface area contributed by atoms with Gasteiger partial charge in [-0.1, -0.05) is 0 Å². The second kappa shape index (κ2) is 3.92. The van der Waals surface area contributed by atoms with Crippen molar-refractivity contribution in [2.75, 3.05) is 13.1 Å². The highest BCUT2D eigenvalue weighted by molar-refractivity contribution is 7.13. The fraction of sp³-hybridized carbons (Fsp3) is 0.500. The molecule has 82 valence electrons. The average molecular weight is 227 g/mol. The minimum Gasteiger partial charge on any atom is -0.388 e. The number of β-amino-alcohol motifs (C(OH)–C–C–N with tert-alkyl or cyclic N) is 2. The summed E-state index contributed by atoms with van der Waals surface area (Å²) in [5, 5.41) is 18.7. The van der Waals surface area contributed by atoms with Crippen molar-refractivity contribution in [3.63, 3.8) is 0 Å². The predicted molar refractivity (Wildman–Crippen MR) is 57.0 cm³/mol. The van der Waals surface area contributed by atoms with Gasteiger partial charge in [-0.3, -0.25) is 4.79 Å². The van der Waals surface area contributed by atoms with E-state index in [0.717, 1.165) is 4.88 Å². The maximum absolute atomic E-state index is 11.9. The Labute approximate surface area is 91.8 Å². The highest BCUT2D eigenvalue weighted by atomic mass is 32.1. The molecule has 15 heavy (non-hydrogen) atoms. The number of thiophene rings is 1. The maximum Gasteiger partial charge on any atom is 0.264 e. The minimum absolute atomic E-state index is 0.108. The molecule has 5 heteroatoms. The van der Waals surface area contributed by atoms with Gasteiger partial charge in [0.2, 0.25) is 0 Å². The average Bonchev–Trinajstić information content (AvgIpc) is 2.74. The van der Waals surface area contributed by atoms with Gasteiger partial charge in [-0.05, 0) is 19.1 Å². The Kier molecular flexibility index (Phi) is 2.77. The molecular weight excluding hydrogens is 214 g/mol. The SMILES string of the molecule is Cc1ccc(C(=O)N2C[C@@H](O)[C@@H](O)C2)s1. The number of nitrogens with zero attached hydrogens (tertiary/aromatic N) is 1. The predicted octanol–water partition coefficient (Wildman–Crippen LogP) is 0.234. The highest BCUT2D eigenvalue weighted by Crippen LogP contribution is 2.20. The summed E-state index contributed by atoms with van der Waals surface area (Å²) >= 11 is 1.43. The molecule has 2 N–H and O–H groups in total. The van der Waals surface area contributed by atoms with E-state index in [0.29, 0.717) is 4.88 Å². The van der Waals surface area contributed by atoms with E-state index in [1.807, 2.05) is 13.0 Å². The highest BCUT2D eigenvalue weighted by Gasteiger charge is 2.33. The van der Waals surface area contributed by atoms with Gasteiger partial charge in [0.1, 0.15) is 0 Å². The minimum atomic E-state index is -0.810. The first kappa shape index (κ1) is 10.6. The molecule has 0 aromatic carbocycles. The number of rotatable bonds is 1. The van der Waals surface area contributed by atoms with Crippen LogP contribution < -0.4 is 0 Å². The molecule has 0 spiro atoms. The molecular formula is C10H13NO3S. The molecule has 1 saturated heterocycles. The fourth-order valence-electron chi connectivity index (χ4n) is 1.64. The number of hydrogen-bond donors (Lipinski definition) is 2. The van der Waals surface area contributed by atoms with Gasteiger partial charge in [-0.2, -0.15) is 0 Å². The van der Waals surface area contributed by atoms with Gasteiger partial charge in [-0.25, -0.2) is 0 Å². The molecule has 2 heterocycles. The molecule has 0 radical (unpaired) electrons. The van der Waals surface area contributed by atoms with Crippen molar-refractivity contribution >= 4 is 17.2 Å². The Morgan fingerprint density at radius 2 is 2.00 bits per heavy atom. The molecule has 4 nitrogen and oxygen atoms in total. The molecule has 1 aliphatic rings. The van der Waals surface area contributed by atoms with Crippen LogP contribution in [0.25, 0.3) is 0 Å². The molecule has 0 saturated carbocycles. The van der Waals surface area contributed by atoms with Gasteiger partial charge in [0.15, 0.2) is 0 Å². The first-order valence-corrected chi connectivity index (χ1v) is 5.61. The summed E-state index contributed by atoms with van der Waals surface area (Å²) in [7, 11) is 0. The van der Waals surface area contributed by atoms with E-state index in [9.17, 15) is 15.0 Å². The molecule has 2 atom stereocenters. The van der Waals surface area contributed by atoms with E-state index >= 15 is 0 Å². The Morgan fingerprint density at radius 3 is 2.47 bits per heavy atom. The fourth-order valence-corrected chi connectivity index (χ4v) is 2.48. The summed E-state index contributed by atoms with van der Waals surface area (Å²) in [5.74, 6) is -0.108. The number of aliphatic hydroxyl groups excluding tert-OH is 2. The van der Waals surface area contributed by atoms with Crippen LogP contribution in [0.5, 0.6) is 0 Å². The summed E-state index contributed by atoms with van der Waals surface area (Å²) in [5.41, 5.74) is 0. The van der Waals surface area contributed by atoms with Crippen LogP contribution in [0.4, 0.5) is 0 Å². The van der Waals surface area contributed by atoms with Crippen LogP contribution >= 0.6 is 11.3 Å². The largest absolute Gasteiger partial charge is 0.388 e. The van der Waals surface area contributed by atoms with Crippen molar-refractivity contribution < 1.29 is 15.0 Å². The Balaban J connectivity index is 2.10. The van der Waals surface area contributed by atoms with Crippen molar-refractivity contribution in [2.45, 2.75) is 19.1 Å². The summed E-state index contributed by atoms with van der Waals surface area (Å²) in [4.78, 5) is 15.1. The number of amides is 1. The molecule has 0 unspecified atom stereocenters. The number of carbonyl (C=O) groups is 1. The zero-order chi connectivity index (χ0) is 11.0. The number of aryl methyl sites for hydroxylation is 1. The van der Waals surface area contributed by atoms with Crippen LogP contribution in [0.3, 0.4) is 0 Å². The molecule has 0 aliphatic carbocycles. The summed E-state index contributed by atoms with van der Waals surface area (Å²) < 4.78 is 0. The zero-order valence-corrected chi connectivity index (χ0v) is 9.20. The van der Waals surface area contributed by atoms with Gasteiger partial charge < -0.3 is 15.1 Å². The number of carbonyl (C=O) groups excluding carboxylic acids is 1. The Morgan fingerprint density at radius 1 is 1.40 bits per heavy atom. The second-order valence-electron chi connectivity index (χ2n) is 3.76. The first-order valence-electron chi connectivity index (χ1n) is 4.80. The van der Waals surface area contributed by atoms with E-state index in [1.165, 1.54) is 16.2 Å². The van der Waals surface area contributed by atoms with Crippen LogP contribution in [0, 0.1) is 6.92 Å². The van der Waals surface area contributed by atoms with Gasteiger partial charge >= 0.3 is 0 Å². The van der Waals surface area contributed by atoms with Crippen molar-refractivity contribution in [1.82, 2.24) is 4.90 Å². The molecule has 0 bridgehead atoms. The smallest absolute Gasteiger partial charge is 0.264 e. The number of aliphatic hydroxyl groups is 2. The van der Waals surface area contributed by atoms with Crippen molar-refractivity contribution in [2.24, 2.45) is 0 Å². The van der Waals surface area contributed by atoms with Crippen LogP contribution in [0.15, 0.2) is 12.1 Å². The maximum atomic E-state index is 11.9. The lowest BCUT2D eigenvalue weighted by atomic mass is 10.3. The van der Waals surface area contributed by atoms with E-state index in [4.69, 9.17) is 0 Å². The van der Waals surface area contributed by atoms with Crippen LogP contribution in [0.2, 0.25) is 0 Å². The van der Waals surface area contributed by atoms with Crippen LogP contribution in [0.1, 0.15) is 14.5 Å². The van der Waals surface area contributed by atoms with Gasteiger partial charge in [0.05, 0.1) is 17.1 Å². The second-order valence-corrected chi connectivity index (χ2v) is 5.04. The van der Waals surface area contributed by atoms with E-state index in [-0.39, 0.29) is 19.0 Å². The van der Waals surface area contributed by atoms with E-state index < -0.39 is 12.2 Å². The molecule has 1 fully saturated rings. The monoisotopic (exact) mass is 227 g/mol. The summed E-state index contributed by atoms with van der Waals surface area (Å²) in [6.07, 6.45) is -1.62. The quantitative estimate of drug-likeness (QED) is 0.722. The lowest BCUT2D eigenvalue weighted by molar-refractivity contribution is 0.0572. The Hall–Kier alpha value is -0.910. The summed E-state index contributed by atoms with van der Waals surface area (Å²) in [6.45, 7) is 2.38. The summed E-state index contributed by atoms with van der Waals surface area (Å²) in [6, 6.07) is 3.67.